The van der Waals surface area contributed by atoms with Crippen LogP contribution in [-0.4, -0.2) is 29.9 Å². The first-order valence-electron chi connectivity index (χ1n) is 5.97. The minimum atomic E-state index is 0.0144. The average molecular weight is 332 g/mol. The highest BCUT2D eigenvalue weighted by Gasteiger charge is 2.27. The Morgan fingerprint density at radius 3 is 2.83 bits per heavy atom. The fourth-order valence-electron chi connectivity index (χ4n) is 2.40. The van der Waals surface area contributed by atoms with Crippen molar-refractivity contribution in [2.75, 3.05) is 13.1 Å². The lowest BCUT2D eigenvalue weighted by Gasteiger charge is -2.35. The maximum atomic E-state index is 12.4. The third-order valence-corrected chi connectivity index (χ3v) is 4.03. The van der Waals surface area contributed by atoms with E-state index in [0.717, 1.165) is 17.4 Å². The third kappa shape index (κ3) is 3.05. The Kier molecular flexibility index (Phi) is 4.30. The molecule has 1 heterocycles. The number of benzene rings is 1. The summed E-state index contributed by atoms with van der Waals surface area (Å²) >= 11 is 9.26. The van der Waals surface area contributed by atoms with Crippen molar-refractivity contribution in [2.24, 2.45) is 11.7 Å². The maximum Gasteiger partial charge on any atom is 0.255 e. The molecule has 0 radical (unpaired) electrons. The SMILES string of the molecule is CC1CC(N)CN(C(=O)c2ccc(Cl)cc2Br)C1. The Bertz CT molecular complexity index is 456. The molecule has 1 aliphatic rings. The lowest BCUT2D eigenvalue weighted by Crippen LogP contribution is -2.48. The predicted octanol–water partition coefficient (Wildman–Crippen LogP) is 2.91. The molecule has 0 spiro atoms. The van der Waals surface area contributed by atoms with E-state index in [1.807, 2.05) is 4.90 Å². The number of hydrogen-bond donors (Lipinski definition) is 1. The monoisotopic (exact) mass is 330 g/mol. The summed E-state index contributed by atoms with van der Waals surface area (Å²) in [6.45, 7) is 3.51. The molecule has 2 atom stereocenters. The lowest BCUT2D eigenvalue weighted by atomic mass is 9.96. The largest absolute Gasteiger partial charge is 0.337 e. The third-order valence-electron chi connectivity index (χ3n) is 3.14. The zero-order chi connectivity index (χ0) is 13.3. The van der Waals surface area contributed by atoms with Gasteiger partial charge in [0.05, 0.1) is 5.56 Å². The van der Waals surface area contributed by atoms with E-state index in [1.165, 1.54) is 0 Å². The molecular weight excluding hydrogens is 316 g/mol. The standard InChI is InChI=1S/C13H16BrClN2O/c1-8-4-10(16)7-17(6-8)13(18)11-3-2-9(15)5-12(11)14/h2-3,5,8,10H,4,6-7,16H2,1H3. The summed E-state index contributed by atoms with van der Waals surface area (Å²) in [4.78, 5) is 14.2. The van der Waals surface area contributed by atoms with Gasteiger partial charge >= 0.3 is 0 Å². The van der Waals surface area contributed by atoms with Crippen molar-refractivity contribution in [3.63, 3.8) is 0 Å². The molecule has 1 amide bonds. The van der Waals surface area contributed by atoms with Crippen molar-refractivity contribution in [3.05, 3.63) is 33.3 Å². The van der Waals surface area contributed by atoms with Gasteiger partial charge in [-0.2, -0.15) is 0 Å². The summed E-state index contributed by atoms with van der Waals surface area (Å²) in [7, 11) is 0. The highest BCUT2D eigenvalue weighted by molar-refractivity contribution is 9.10. The zero-order valence-electron chi connectivity index (χ0n) is 10.2. The van der Waals surface area contributed by atoms with Crippen LogP contribution in [0.1, 0.15) is 23.7 Å². The van der Waals surface area contributed by atoms with Gasteiger partial charge in [-0.1, -0.05) is 18.5 Å². The van der Waals surface area contributed by atoms with Crippen LogP contribution in [-0.2, 0) is 0 Å². The predicted molar refractivity (Wildman–Crippen MR) is 76.8 cm³/mol. The topological polar surface area (TPSA) is 46.3 Å². The van der Waals surface area contributed by atoms with Crippen molar-refractivity contribution in [3.8, 4) is 0 Å². The van der Waals surface area contributed by atoms with Crippen LogP contribution in [0.3, 0.4) is 0 Å². The van der Waals surface area contributed by atoms with Gasteiger partial charge in [0.25, 0.3) is 5.91 Å². The molecule has 2 rings (SSSR count). The molecule has 2 unspecified atom stereocenters. The van der Waals surface area contributed by atoms with Gasteiger partial charge in [0.1, 0.15) is 0 Å². The van der Waals surface area contributed by atoms with Gasteiger partial charge in [0.2, 0.25) is 0 Å². The van der Waals surface area contributed by atoms with Crippen LogP contribution >= 0.6 is 27.5 Å². The average Bonchev–Trinajstić information content (AvgIpc) is 2.26. The van der Waals surface area contributed by atoms with Crippen LogP contribution in [0.15, 0.2) is 22.7 Å². The number of hydrogen-bond acceptors (Lipinski definition) is 2. The van der Waals surface area contributed by atoms with Crippen LogP contribution in [0.25, 0.3) is 0 Å². The molecule has 0 bridgehead atoms. The first-order chi connectivity index (χ1) is 8.47. The van der Waals surface area contributed by atoms with E-state index < -0.39 is 0 Å². The second-order valence-electron chi connectivity index (χ2n) is 4.94. The van der Waals surface area contributed by atoms with Gasteiger partial charge in [0.15, 0.2) is 0 Å². The Morgan fingerprint density at radius 1 is 1.50 bits per heavy atom. The van der Waals surface area contributed by atoms with Crippen LogP contribution in [0, 0.1) is 5.92 Å². The Labute approximate surface area is 120 Å². The normalized spacial score (nSPS) is 24.1. The molecule has 18 heavy (non-hydrogen) atoms. The lowest BCUT2D eigenvalue weighted by molar-refractivity contribution is 0.0660. The van der Waals surface area contributed by atoms with E-state index in [2.05, 4.69) is 22.9 Å². The minimum Gasteiger partial charge on any atom is -0.337 e. The summed E-state index contributed by atoms with van der Waals surface area (Å²) in [5.41, 5.74) is 6.61. The summed E-state index contributed by atoms with van der Waals surface area (Å²) in [5.74, 6) is 0.462. The van der Waals surface area contributed by atoms with Gasteiger partial charge in [-0.15, -0.1) is 0 Å². The Balaban J connectivity index is 2.20. The quantitative estimate of drug-likeness (QED) is 0.860. The Hall–Kier alpha value is -0.580. The van der Waals surface area contributed by atoms with Gasteiger partial charge in [-0.25, -0.2) is 0 Å². The van der Waals surface area contributed by atoms with Crippen LogP contribution in [0.5, 0.6) is 0 Å². The molecule has 1 fully saturated rings. The summed E-state index contributed by atoms with van der Waals surface area (Å²) in [6, 6.07) is 5.29. The molecule has 3 nitrogen and oxygen atoms in total. The highest BCUT2D eigenvalue weighted by Crippen LogP contribution is 2.24. The smallest absolute Gasteiger partial charge is 0.255 e. The molecule has 0 aromatic heterocycles. The molecule has 1 aliphatic heterocycles. The number of nitrogens with two attached hydrogens (primary N) is 1. The zero-order valence-corrected chi connectivity index (χ0v) is 12.5. The molecule has 1 aromatic rings. The number of nitrogens with zero attached hydrogens (tertiary/aromatic N) is 1. The second kappa shape index (κ2) is 5.59. The van der Waals surface area contributed by atoms with E-state index in [4.69, 9.17) is 17.3 Å². The van der Waals surface area contributed by atoms with Crippen molar-refractivity contribution in [1.82, 2.24) is 4.90 Å². The van der Waals surface area contributed by atoms with E-state index >= 15 is 0 Å². The van der Waals surface area contributed by atoms with Crippen molar-refractivity contribution >= 4 is 33.4 Å². The number of rotatable bonds is 1. The van der Waals surface area contributed by atoms with Crippen molar-refractivity contribution in [2.45, 2.75) is 19.4 Å². The maximum absolute atomic E-state index is 12.4. The van der Waals surface area contributed by atoms with Gasteiger partial charge in [-0.05, 0) is 46.5 Å². The number of halogens is 2. The molecule has 98 valence electrons. The molecule has 0 saturated carbocycles. The van der Waals surface area contributed by atoms with Crippen molar-refractivity contribution in [1.29, 1.82) is 0 Å². The summed E-state index contributed by atoms with van der Waals surface area (Å²) in [6.07, 6.45) is 0.978. The van der Waals surface area contributed by atoms with E-state index in [9.17, 15) is 4.79 Å². The van der Waals surface area contributed by atoms with Gasteiger partial charge < -0.3 is 10.6 Å². The van der Waals surface area contributed by atoms with E-state index in [0.29, 0.717) is 23.0 Å². The number of amides is 1. The number of piperidine rings is 1. The molecule has 1 aromatic carbocycles. The first-order valence-corrected chi connectivity index (χ1v) is 7.14. The van der Waals surface area contributed by atoms with Gasteiger partial charge in [-0.3, -0.25) is 4.79 Å². The van der Waals surface area contributed by atoms with Gasteiger partial charge in [0, 0.05) is 28.6 Å². The van der Waals surface area contributed by atoms with Crippen molar-refractivity contribution < 1.29 is 4.79 Å². The molecule has 2 N–H and O–H groups in total. The molecule has 5 heteroatoms. The fraction of sp³-hybridized carbons (Fsp3) is 0.462. The molecular formula is C13H16BrClN2O. The summed E-state index contributed by atoms with van der Waals surface area (Å²) < 4.78 is 0.729. The molecule has 0 aliphatic carbocycles. The Morgan fingerprint density at radius 2 is 2.22 bits per heavy atom. The number of carbonyl (C=O) groups excluding carboxylic acids is 1. The first kappa shape index (κ1) is 13.8. The summed E-state index contributed by atoms with van der Waals surface area (Å²) in [5, 5.41) is 0.613. The second-order valence-corrected chi connectivity index (χ2v) is 6.23. The number of likely N-dealkylation sites (tertiary alicyclic amines) is 1. The minimum absolute atomic E-state index is 0.0144. The number of carbonyl (C=O) groups is 1. The van der Waals surface area contributed by atoms with E-state index in [1.54, 1.807) is 18.2 Å². The van der Waals surface area contributed by atoms with Crippen LogP contribution in [0.2, 0.25) is 5.02 Å². The fourth-order valence-corrected chi connectivity index (χ4v) is 3.25. The van der Waals surface area contributed by atoms with E-state index in [-0.39, 0.29) is 11.9 Å². The van der Waals surface area contributed by atoms with Crippen LogP contribution < -0.4 is 5.73 Å². The van der Waals surface area contributed by atoms with Crippen LogP contribution in [0.4, 0.5) is 0 Å². The molecule has 1 saturated heterocycles. The highest BCUT2D eigenvalue weighted by atomic mass is 79.9.